The lowest BCUT2D eigenvalue weighted by atomic mass is 10.0. The van der Waals surface area contributed by atoms with Crippen LogP contribution in [0.3, 0.4) is 0 Å². The highest BCUT2D eigenvalue weighted by Gasteiger charge is 2.24. The molecule has 0 N–H and O–H groups in total. The molecular formula is C16H17Cl2NO2. The van der Waals surface area contributed by atoms with Gasteiger partial charge in [-0.25, -0.2) is 0 Å². The van der Waals surface area contributed by atoms with Gasteiger partial charge in [-0.1, -0.05) is 36.2 Å². The molecule has 0 aliphatic heterocycles. The standard InChI is InChI=1S/C16H17Cl2NO2/c1-3-14(16(20-2)11-5-4-8-19-10-11)21-15-7-6-12(17)9-13(15)18/h4-10,14,16H,3H2,1-2H3. The maximum absolute atomic E-state index is 6.16. The van der Waals surface area contributed by atoms with E-state index < -0.39 is 0 Å². The van der Waals surface area contributed by atoms with Crippen LogP contribution in [0.5, 0.6) is 5.75 Å². The maximum Gasteiger partial charge on any atom is 0.138 e. The molecule has 0 aliphatic carbocycles. The number of nitrogens with zero attached hydrogens (tertiary/aromatic N) is 1. The molecule has 2 aromatic rings. The number of methoxy groups -OCH3 is 1. The molecule has 21 heavy (non-hydrogen) atoms. The van der Waals surface area contributed by atoms with Crippen LogP contribution in [0.25, 0.3) is 0 Å². The van der Waals surface area contributed by atoms with E-state index in [1.807, 2.05) is 19.1 Å². The van der Waals surface area contributed by atoms with Gasteiger partial charge < -0.3 is 9.47 Å². The normalized spacial score (nSPS) is 13.7. The van der Waals surface area contributed by atoms with Crippen LogP contribution >= 0.6 is 23.2 Å². The van der Waals surface area contributed by atoms with Crippen LogP contribution in [0.4, 0.5) is 0 Å². The van der Waals surface area contributed by atoms with Gasteiger partial charge >= 0.3 is 0 Å². The lowest BCUT2D eigenvalue weighted by Crippen LogP contribution is -2.26. The fraction of sp³-hybridized carbons (Fsp3) is 0.312. The largest absolute Gasteiger partial charge is 0.486 e. The van der Waals surface area contributed by atoms with Crippen molar-refractivity contribution < 1.29 is 9.47 Å². The lowest BCUT2D eigenvalue weighted by molar-refractivity contribution is -0.00138. The molecule has 2 unspecified atom stereocenters. The van der Waals surface area contributed by atoms with Crippen molar-refractivity contribution in [3.05, 3.63) is 58.3 Å². The minimum absolute atomic E-state index is 0.169. The Kier molecular flexibility index (Phi) is 5.85. The van der Waals surface area contributed by atoms with E-state index in [2.05, 4.69) is 4.98 Å². The summed E-state index contributed by atoms with van der Waals surface area (Å²) in [5, 5.41) is 1.07. The Morgan fingerprint density at radius 1 is 1.24 bits per heavy atom. The van der Waals surface area contributed by atoms with Crippen LogP contribution in [0.1, 0.15) is 25.0 Å². The van der Waals surface area contributed by atoms with Gasteiger partial charge in [0.25, 0.3) is 0 Å². The second kappa shape index (κ2) is 7.64. The molecule has 1 aromatic carbocycles. The van der Waals surface area contributed by atoms with Gasteiger partial charge in [0.15, 0.2) is 0 Å². The maximum atomic E-state index is 6.16. The highest BCUT2D eigenvalue weighted by molar-refractivity contribution is 6.35. The zero-order chi connectivity index (χ0) is 15.2. The average Bonchev–Trinajstić information content (AvgIpc) is 2.50. The zero-order valence-electron chi connectivity index (χ0n) is 11.9. The van der Waals surface area contributed by atoms with Crippen molar-refractivity contribution in [3.63, 3.8) is 0 Å². The molecule has 0 bridgehead atoms. The molecule has 3 nitrogen and oxygen atoms in total. The fourth-order valence-corrected chi connectivity index (χ4v) is 2.59. The summed E-state index contributed by atoms with van der Waals surface area (Å²) in [5.74, 6) is 0.596. The molecule has 0 saturated heterocycles. The summed E-state index contributed by atoms with van der Waals surface area (Å²) >= 11 is 12.1. The van der Waals surface area contributed by atoms with E-state index >= 15 is 0 Å². The van der Waals surface area contributed by atoms with Gasteiger partial charge in [0, 0.05) is 30.1 Å². The van der Waals surface area contributed by atoms with Gasteiger partial charge in [-0.15, -0.1) is 0 Å². The smallest absolute Gasteiger partial charge is 0.138 e. The van der Waals surface area contributed by atoms with Crippen LogP contribution in [-0.2, 0) is 4.74 Å². The summed E-state index contributed by atoms with van der Waals surface area (Å²) in [6.07, 6.45) is 3.90. The summed E-state index contributed by atoms with van der Waals surface area (Å²) < 4.78 is 11.6. The first-order valence-electron chi connectivity index (χ1n) is 6.70. The predicted octanol–water partition coefficient (Wildman–Crippen LogP) is 4.93. The number of aromatic nitrogens is 1. The van der Waals surface area contributed by atoms with Crippen molar-refractivity contribution >= 4 is 23.2 Å². The zero-order valence-corrected chi connectivity index (χ0v) is 13.4. The number of hydrogen-bond donors (Lipinski definition) is 0. The Bertz CT molecular complexity index is 578. The highest BCUT2D eigenvalue weighted by atomic mass is 35.5. The number of halogens is 2. The third-order valence-corrected chi connectivity index (χ3v) is 3.71. The number of ether oxygens (including phenoxy) is 2. The summed E-state index contributed by atoms with van der Waals surface area (Å²) in [5.41, 5.74) is 0.969. The first kappa shape index (κ1) is 16.1. The minimum atomic E-state index is -0.213. The highest BCUT2D eigenvalue weighted by Crippen LogP contribution is 2.32. The Morgan fingerprint density at radius 2 is 2.05 bits per heavy atom. The average molecular weight is 326 g/mol. The van der Waals surface area contributed by atoms with Crippen molar-refractivity contribution in [2.75, 3.05) is 7.11 Å². The van der Waals surface area contributed by atoms with Crippen LogP contribution in [-0.4, -0.2) is 18.2 Å². The summed E-state index contributed by atoms with van der Waals surface area (Å²) in [7, 11) is 1.66. The molecule has 2 rings (SSSR count). The van der Waals surface area contributed by atoms with E-state index in [1.165, 1.54) is 0 Å². The molecule has 112 valence electrons. The van der Waals surface area contributed by atoms with Gasteiger partial charge in [0.2, 0.25) is 0 Å². The van der Waals surface area contributed by atoms with Crippen LogP contribution in [0.15, 0.2) is 42.7 Å². The van der Waals surface area contributed by atoms with Crippen LogP contribution < -0.4 is 4.74 Å². The van der Waals surface area contributed by atoms with Gasteiger partial charge in [-0.05, 0) is 30.7 Å². The third kappa shape index (κ3) is 4.10. The second-order valence-corrected chi connectivity index (χ2v) is 5.43. The Labute approximate surface area is 134 Å². The number of hydrogen-bond acceptors (Lipinski definition) is 3. The molecule has 0 aliphatic rings. The van der Waals surface area contributed by atoms with Crippen molar-refractivity contribution in [1.29, 1.82) is 0 Å². The van der Waals surface area contributed by atoms with E-state index in [9.17, 15) is 0 Å². The molecule has 1 heterocycles. The lowest BCUT2D eigenvalue weighted by Gasteiger charge is -2.26. The predicted molar refractivity (Wildman–Crippen MR) is 85.2 cm³/mol. The van der Waals surface area contributed by atoms with E-state index in [0.717, 1.165) is 12.0 Å². The van der Waals surface area contributed by atoms with Crippen molar-refractivity contribution in [3.8, 4) is 5.75 Å². The first-order chi connectivity index (χ1) is 10.2. The molecule has 2 atom stereocenters. The molecule has 0 radical (unpaired) electrons. The summed E-state index contributed by atoms with van der Waals surface area (Å²) in [4.78, 5) is 4.13. The third-order valence-electron chi connectivity index (χ3n) is 3.18. The van der Waals surface area contributed by atoms with Crippen molar-refractivity contribution in [2.45, 2.75) is 25.6 Å². The monoisotopic (exact) mass is 325 g/mol. The molecule has 0 saturated carbocycles. The van der Waals surface area contributed by atoms with E-state index in [4.69, 9.17) is 32.7 Å². The Balaban J connectivity index is 2.22. The fourth-order valence-electron chi connectivity index (χ4n) is 2.14. The molecular weight excluding hydrogens is 309 g/mol. The van der Waals surface area contributed by atoms with E-state index in [1.54, 1.807) is 37.7 Å². The van der Waals surface area contributed by atoms with Crippen LogP contribution in [0, 0.1) is 0 Å². The molecule has 5 heteroatoms. The number of benzene rings is 1. The molecule has 0 amide bonds. The minimum Gasteiger partial charge on any atom is -0.486 e. The summed E-state index contributed by atoms with van der Waals surface area (Å²) in [6.45, 7) is 2.04. The Morgan fingerprint density at radius 3 is 2.62 bits per heavy atom. The molecule has 1 aromatic heterocycles. The Hall–Kier alpha value is -1.29. The van der Waals surface area contributed by atoms with Crippen molar-refractivity contribution in [2.24, 2.45) is 0 Å². The second-order valence-electron chi connectivity index (χ2n) is 4.58. The van der Waals surface area contributed by atoms with Gasteiger partial charge in [-0.2, -0.15) is 0 Å². The van der Waals surface area contributed by atoms with Gasteiger partial charge in [0.1, 0.15) is 18.0 Å². The van der Waals surface area contributed by atoms with E-state index in [-0.39, 0.29) is 12.2 Å². The SMILES string of the molecule is CCC(Oc1ccc(Cl)cc1Cl)C(OC)c1cccnc1. The van der Waals surface area contributed by atoms with E-state index in [0.29, 0.717) is 15.8 Å². The van der Waals surface area contributed by atoms with Crippen LogP contribution in [0.2, 0.25) is 10.0 Å². The number of pyridine rings is 1. The van der Waals surface area contributed by atoms with Gasteiger partial charge in [0.05, 0.1) is 5.02 Å². The quantitative estimate of drug-likeness (QED) is 0.754. The first-order valence-corrected chi connectivity index (χ1v) is 7.45. The topological polar surface area (TPSA) is 31.4 Å². The molecule has 0 spiro atoms. The number of rotatable bonds is 6. The summed E-state index contributed by atoms with van der Waals surface area (Å²) in [6, 6.07) is 9.03. The van der Waals surface area contributed by atoms with Crippen molar-refractivity contribution in [1.82, 2.24) is 4.98 Å². The molecule has 0 fully saturated rings. The van der Waals surface area contributed by atoms with Gasteiger partial charge in [-0.3, -0.25) is 4.98 Å².